The van der Waals surface area contributed by atoms with Gasteiger partial charge in [0.2, 0.25) is 5.91 Å². The van der Waals surface area contributed by atoms with E-state index >= 15 is 0 Å². The summed E-state index contributed by atoms with van der Waals surface area (Å²) in [4.78, 5) is 16.4. The highest BCUT2D eigenvalue weighted by atomic mass is 35.5. The second-order valence-electron chi connectivity index (χ2n) is 4.84. The van der Waals surface area contributed by atoms with E-state index in [4.69, 9.17) is 34.8 Å². The topological polar surface area (TPSA) is 46.9 Å². The van der Waals surface area contributed by atoms with Gasteiger partial charge in [-0.1, -0.05) is 23.2 Å². The third kappa shape index (κ3) is 2.73. The maximum Gasteiger partial charge on any atom is 0.240 e. The first kappa shape index (κ1) is 14.0. The molecule has 0 spiro atoms. The van der Waals surface area contributed by atoms with Gasteiger partial charge in [0.25, 0.3) is 0 Å². The largest absolute Gasteiger partial charge is 0.352 e. The third-order valence-corrected chi connectivity index (χ3v) is 4.19. The first-order valence-electron chi connectivity index (χ1n) is 6.28. The maximum absolute atomic E-state index is 12.0. The third-order valence-electron chi connectivity index (χ3n) is 3.23. The fraction of sp³-hybridized carbons (Fsp3) is 0.385. The van der Waals surface area contributed by atoms with Crippen LogP contribution in [-0.2, 0) is 17.2 Å². The van der Waals surface area contributed by atoms with Crippen LogP contribution in [0.15, 0.2) is 12.1 Å². The van der Waals surface area contributed by atoms with Gasteiger partial charge in [-0.25, -0.2) is 4.98 Å². The number of benzene rings is 1. The van der Waals surface area contributed by atoms with E-state index in [1.54, 1.807) is 16.7 Å². The molecule has 3 rings (SSSR count). The average Bonchev–Trinajstić information content (AvgIpc) is 3.15. The monoisotopic (exact) mass is 331 g/mol. The molecular weight excluding hydrogens is 321 g/mol. The number of hydrogen-bond acceptors (Lipinski definition) is 2. The number of fused-ring (bicyclic) bond motifs is 1. The van der Waals surface area contributed by atoms with Crippen LogP contribution < -0.4 is 5.32 Å². The molecule has 4 nitrogen and oxygen atoms in total. The zero-order valence-corrected chi connectivity index (χ0v) is 12.8. The maximum atomic E-state index is 12.0. The first-order valence-corrected chi connectivity index (χ1v) is 7.57. The number of halogens is 3. The van der Waals surface area contributed by atoms with Gasteiger partial charge in [0, 0.05) is 6.04 Å². The summed E-state index contributed by atoms with van der Waals surface area (Å²) in [5, 5.41) is 3.82. The molecule has 0 unspecified atom stereocenters. The van der Waals surface area contributed by atoms with E-state index < -0.39 is 0 Å². The molecule has 0 saturated heterocycles. The van der Waals surface area contributed by atoms with E-state index in [1.165, 1.54) is 0 Å². The number of alkyl halides is 1. The Labute approximate surface area is 131 Å². The van der Waals surface area contributed by atoms with Crippen LogP contribution >= 0.6 is 34.8 Å². The molecule has 1 aliphatic carbocycles. The molecule has 1 aliphatic rings. The molecule has 1 heterocycles. The fourth-order valence-electron chi connectivity index (χ4n) is 2.09. The second-order valence-corrected chi connectivity index (χ2v) is 5.93. The van der Waals surface area contributed by atoms with Gasteiger partial charge in [0.1, 0.15) is 12.4 Å². The first-order chi connectivity index (χ1) is 9.58. The molecule has 0 aliphatic heterocycles. The summed E-state index contributed by atoms with van der Waals surface area (Å²) in [5.41, 5.74) is 1.45. The second kappa shape index (κ2) is 5.43. The average molecular weight is 333 g/mol. The van der Waals surface area contributed by atoms with Crippen molar-refractivity contribution >= 4 is 51.7 Å². The summed E-state index contributed by atoms with van der Waals surface area (Å²) in [6.45, 7) is 0.188. The molecule has 1 amide bonds. The van der Waals surface area contributed by atoms with Gasteiger partial charge in [-0.05, 0) is 25.0 Å². The summed E-state index contributed by atoms with van der Waals surface area (Å²) in [5.74, 6) is 0.816. The van der Waals surface area contributed by atoms with Crippen LogP contribution in [0.1, 0.15) is 18.7 Å². The minimum absolute atomic E-state index is 0.0377. The normalized spacial score (nSPS) is 14.8. The Balaban J connectivity index is 1.98. The van der Waals surface area contributed by atoms with Gasteiger partial charge in [0.05, 0.1) is 27.0 Å². The smallest absolute Gasteiger partial charge is 0.240 e. The molecule has 1 saturated carbocycles. The van der Waals surface area contributed by atoms with Crippen LogP contribution in [0.25, 0.3) is 11.0 Å². The van der Waals surface area contributed by atoms with Crippen LogP contribution in [-0.4, -0.2) is 21.5 Å². The predicted molar refractivity (Wildman–Crippen MR) is 80.5 cm³/mol. The van der Waals surface area contributed by atoms with E-state index in [0.29, 0.717) is 27.4 Å². The molecule has 1 aromatic carbocycles. The number of rotatable bonds is 4. The molecule has 0 radical (unpaired) electrons. The van der Waals surface area contributed by atoms with Crippen LogP contribution in [0.5, 0.6) is 0 Å². The number of hydrogen-bond donors (Lipinski definition) is 1. The number of nitrogens with zero attached hydrogens (tertiary/aromatic N) is 2. The molecule has 106 valence electrons. The van der Waals surface area contributed by atoms with E-state index in [-0.39, 0.29) is 18.3 Å². The summed E-state index contributed by atoms with van der Waals surface area (Å²) >= 11 is 17.9. The van der Waals surface area contributed by atoms with Crippen LogP contribution in [0.4, 0.5) is 0 Å². The van der Waals surface area contributed by atoms with E-state index in [1.807, 2.05) is 0 Å². The van der Waals surface area contributed by atoms with Crippen LogP contribution in [0.2, 0.25) is 10.0 Å². The molecule has 7 heteroatoms. The number of carbonyl (C=O) groups is 1. The number of carbonyl (C=O) groups excluding carboxylic acids is 1. The Morgan fingerprint density at radius 1 is 1.35 bits per heavy atom. The van der Waals surface area contributed by atoms with Crippen molar-refractivity contribution in [2.24, 2.45) is 0 Å². The van der Waals surface area contributed by atoms with E-state index in [0.717, 1.165) is 18.4 Å². The molecule has 0 atom stereocenters. The zero-order chi connectivity index (χ0) is 14.3. The summed E-state index contributed by atoms with van der Waals surface area (Å²) in [6.07, 6.45) is 2.11. The highest BCUT2D eigenvalue weighted by Gasteiger charge is 2.24. The van der Waals surface area contributed by atoms with Crippen molar-refractivity contribution < 1.29 is 4.79 Å². The van der Waals surface area contributed by atoms with Gasteiger partial charge in [-0.2, -0.15) is 0 Å². The molecule has 1 aromatic heterocycles. The van der Waals surface area contributed by atoms with Crippen molar-refractivity contribution in [1.82, 2.24) is 14.9 Å². The Bertz CT molecular complexity index is 679. The van der Waals surface area contributed by atoms with Gasteiger partial charge in [-0.3, -0.25) is 4.79 Å². The molecule has 20 heavy (non-hydrogen) atoms. The number of imidazole rings is 1. The lowest BCUT2D eigenvalue weighted by Gasteiger charge is -2.08. The van der Waals surface area contributed by atoms with Crippen molar-refractivity contribution in [3.05, 3.63) is 28.0 Å². The highest BCUT2D eigenvalue weighted by molar-refractivity contribution is 6.42. The number of nitrogens with one attached hydrogen (secondary N) is 1. The van der Waals surface area contributed by atoms with Gasteiger partial charge in [0.15, 0.2) is 0 Å². The van der Waals surface area contributed by atoms with Gasteiger partial charge >= 0.3 is 0 Å². The van der Waals surface area contributed by atoms with Crippen molar-refractivity contribution in [3.63, 3.8) is 0 Å². The lowest BCUT2D eigenvalue weighted by molar-refractivity contribution is -0.121. The Morgan fingerprint density at radius 2 is 2.05 bits per heavy atom. The summed E-state index contributed by atoms with van der Waals surface area (Å²) in [7, 11) is 0. The van der Waals surface area contributed by atoms with Crippen LogP contribution in [0.3, 0.4) is 0 Å². The highest BCUT2D eigenvalue weighted by Crippen LogP contribution is 2.29. The predicted octanol–water partition coefficient (Wildman–Crippen LogP) is 3.36. The van der Waals surface area contributed by atoms with Gasteiger partial charge in [-0.15, -0.1) is 11.6 Å². The lowest BCUT2D eigenvalue weighted by Crippen LogP contribution is -2.29. The molecular formula is C13H12Cl3N3O. The SMILES string of the molecule is O=C(Cn1c(CCl)nc2cc(Cl)c(Cl)cc21)NC1CC1. The zero-order valence-electron chi connectivity index (χ0n) is 10.5. The Morgan fingerprint density at radius 3 is 2.70 bits per heavy atom. The molecule has 2 aromatic rings. The lowest BCUT2D eigenvalue weighted by atomic mass is 10.3. The summed E-state index contributed by atoms with van der Waals surface area (Å²) < 4.78 is 1.78. The standard InChI is InChI=1S/C13H12Cl3N3O/c14-5-12-18-10-3-8(15)9(16)4-11(10)19(12)6-13(20)17-7-1-2-7/h3-4,7H,1-2,5-6H2,(H,17,20). The van der Waals surface area contributed by atoms with E-state index in [2.05, 4.69) is 10.3 Å². The number of aromatic nitrogens is 2. The molecule has 0 bridgehead atoms. The van der Waals surface area contributed by atoms with Crippen molar-refractivity contribution in [2.75, 3.05) is 0 Å². The molecule has 1 N–H and O–H groups in total. The van der Waals surface area contributed by atoms with Gasteiger partial charge < -0.3 is 9.88 Å². The fourth-order valence-corrected chi connectivity index (χ4v) is 2.61. The molecule has 1 fully saturated rings. The number of amides is 1. The van der Waals surface area contributed by atoms with E-state index in [9.17, 15) is 4.79 Å². The van der Waals surface area contributed by atoms with Crippen molar-refractivity contribution in [3.8, 4) is 0 Å². The minimum Gasteiger partial charge on any atom is -0.352 e. The van der Waals surface area contributed by atoms with Crippen molar-refractivity contribution in [2.45, 2.75) is 31.3 Å². The minimum atomic E-state index is -0.0377. The Kier molecular flexibility index (Phi) is 3.80. The van der Waals surface area contributed by atoms with Crippen LogP contribution in [0, 0.1) is 0 Å². The Hall–Kier alpha value is -0.970. The summed E-state index contributed by atoms with van der Waals surface area (Å²) in [6, 6.07) is 3.73. The quantitative estimate of drug-likeness (QED) is 0.873. The van der Waals surface area contributed by atoms with Crippen molar-refractivity contribution in [1.29, 1.82) is 0 Å².